The predicted molar refractivity (Wildman–Crippen MR) is 74.2 cm³/mol. The second-order valence-corrected chi connectivity index (χ2v) is 5.49. The molecule has 0 spiro atoms. The topological polar surface area (TPSA) is 23.5 Å². The van der Waals surface area contributed by atoms with E-state index in [2.05, 4.69) is 11.0 Å². The number of nitrogens with zero attached hydrogens (tertiary/aromatic N) is 1. The smallest absolute Gasteiger partial charge is 0.123 e. The van der Waals surface area contributed by atoms with E-state index in [-0.39, 0.29) is 18.3 Å². The highest BCUT2D eigenvalue weighted by Gasteiger charge is 2.34. The zero-order valence-corrected chi connectivity index (χ0v) is 11.1. The van der Waals surface area contributed by atoms with E-state index in [1.807, 2.05) is 12.1 Å². The number of rotatable bonds is 3. The van der Waals surface area contributed by atoms with Crippen LogP contribution in [-0.4, -0.2) is 35.7 Å². The lowest BCUT2D eigenvalue weighted by atomic mass is 9.79. The maximum atomic E-state index is 13.0. The molecule has 3 heteroatoms. The molecule has 1 fully saturated rings. The van der Waals surface area contributed by atoms with Gasteiger partial charge in [0.15, 0.2) is 0 Å². The molecular weight excluding hydrogens is 241 g/mol. The van der Waals surface area contributed by atoms with Gasteiger partial charge in [-0.3, -0.25) is 4.90 Å². The van der Waals surface area contributed by atoms with Crippen LogP contribution in [0.1, 0.15) is 24.8 Å². The third-order valence-corrected chi connectivity index (χ3v) is 4.42. The third-order valence-electron chi connectivity index (χ3n) is 4.42. The fraction of sp³-hybridized carbons (Fsp3) is 0.500. The van der Waals surface area contributed by atoms with Crippen LogP contribution < -0.4 is 0 Å². The van der Waals surface area contributed by atoms with Gasteiger partial charge in [0.25, 0.3) is 0 Å². The van der Waals surface area contributed by atoms with Crippen LogP contribution in [0.5, 0.6) is 0 Å². The molecule has 1 saturated heterocycles. The molecule has 0 aromatic heterocycles. The van der Waals surface area contributed by atoms with Crippen molar-refractivity contribution in [1.82, 2.24) is 4.90 Å². The van der Waals surface area contributed by atoms with E-state index in [0.717, 1.165) is 31.5 Å². The van der Waals surface area contributed by atoms with Crippen molar-refractivity contribution in [2.75, 3.05) is 19.7 Å². The van der Waals surface area contributed by atoms with Gasteiger partial charge in [0.1, 0.15) is 5.82 Å². The van der Waals surface area contributed by atoms with Crippen LogP contribution in [-0.2, 0) is 0 Å². The zero-order chi connectivity index (χ0) is 13.2. The van der Waals surface area contributed by atoms with Gasteiger partial charge < -0.3 is 5.11 Å². The van der Waals surface area contributed by atoms with Crippen LogP contribution in [0.3, 0.4) is 0 Å². The maximum Gasteiger partial charge on any atom is 0.123 e. The van der Waals surface area contributed by atoms with Crippen molar-refractivity contribution in [2.24, 2.45) is 5.92 Å². The Balaban J connectivity index is 1.86. The van der Waals surface area contributed by atoms with Gasteiger partial charge in [0.05, 0.1) is 6.61 Å². The fourth-order valence-corrected chi connectivity index (χ4v) is 3.27. The molecule has 2 nitrogen and oxygen atoms in total. The molecule has 1 aliphatic heterocycles. The number of halogens is 1. The minimum atomic E-state index is -0.208. The summed E-state index contributed by atoms with van der Waals surface area (Å²) in [5.41, 5.74) is 2.23. The quantitative estimate of drug-likeness (QED) is 0.904. The zero-order valence-electron chi connectivity index (χ0n) is 11.1. The summed E-state index contributed by atoms with van der Waals surface area (Å²) in [5.74, 6) is -0.0421. The summed E-state index contributed by atoms with van der Waals surface area (Å²) in [7, 11) is 0. The molecule has 3 rings (SSSR count). The molecule has 1 N–H and O–H groups in total. The first-order valence-electron chi connectivity index (χ1n) is 7.10. The Morgan fingerprint density at radius 1 is 1.21 bits per heavy atom. The third kappa shape index (κ3) is 2.45. The molecule has 2 atom stereocenters. The Morgan fingerprint density at radius 3 is 2.53 bits per heavy atom. The van der Waals surface area contributed by atoms with E-state index < -0.39 is 0 Å². The van der Waals surface area contributed by atoms with Gasteiger partial charge in [-0.2, -0.15) is 0 Å². The van der Waals surface area contributed by atoms with E-state index in [9.17, 15) is 9.50 Å². The first kappa shape index (κ1) is 12.8. The maximum absolute atomic E-state index is 13.0. The minimum absolute atomic E-state index is 0.166. The van der Waals surface area contributed by atoms with Crippen LogP contribution in [0.4, 0.5) is 4.39 Å². The molecule has 102 valence electrons. The summed E-state index contributed by atoms with van der Waals surface area (Å²) in [4.78, 5) is 2.47. The summed E-state index contributed by atoms with van der Waals surface area (Å²) < 4.78 is 13.0. The second-order valence-electron chi connectivity index (χ2n) is 5.49. The van der Waals surface area contributed by atoms with E-state index in [0.29, 0.717) is 6.04 Å². The van der Waals surface area contributed by atoms with Crippen molar-refractivity contribution in [3.8, 4) is 0 Å². The second kappa shape index (κ2) is 5.43. The lowest BCUT2D eigenvalue weighted by Crippen LogP contribution is -2.50. The molecule has 1 aliphatic carbocycles. The Bertz CT molecular complexity index is 464. The van der Waals surface area contributed by atoms with Crippen LogP contribution >= 0.6 is 0 Å². The van der Waals surface area contributed by atoms with E-state index in [4.69, 9.17) is 0 Å². The molecule has 0 amide bonds. The summed E-state index contributed by atoms with van der Waals surface area (Å²) in [6, 6.07) is 7.09. The molecule has 1 aromatic rings. The molecule has 2 aliphatic rings. The highest BCUT2D eigenvalue weighted by atomic mass is 19.1. The predicted octanol–water partition coefficient (Wildman–Crippen LogP) is 2.69. The molecule has 1 aromatic carbocycles. The first-order valence-corrected chi connectivity index (χ1v) is 7.10. The monoisotopic (exact) mass is 261 g/mol. The summed E-state index contributed by atoms with van der Waals surface area (Å²) in [6.07, 6.45) is 5.65. The number of aliphatic hydroxyl groups is 1. The average Bonchev–Trinajstić information content (AvgIpc) is 2.37. The van der Waals surface area contributed by atoms with Gasteiger partial charge in [0.2, 0.25) is 0 Å². The highest BCUT2D eigenvalue weighted by Crippen LogP contribution is 2.36. The van der Waals surface area contributed by atoms with Crippen molar-refractivity contribution >= 4 is 5.57 Å². The van der Waals surface area contributed by atoms with Gasteiger partial charge in [-0.05, 0) is 55.6 Å². The number of benzene rings is 1. The normalized spacial score (nSPS) is 27.8. The lowest BCUT2D eigenvalue weighted by molar-refractivity contribution is 0.0643. The van der Waals surface area contributed by atoms with Crippen molar-refractivity contribution in [3.63, 3.8) is 0 Å². The van der Waals surface area contributed by atoms with Crippen molar-refractivity contribution < 1.29 is 9.50 Å². The van der Waals surface area contributed by atoms with E-state index in [1.165, 1.54) is 24.1 Å². The number of likely N-dealkylation sites (tertiary alicyclic amines) is 1. The SMILES string of the molecule is OCC1C(c2ccc(F)cc2)=CCC[C@H]1N1CCC1. The van der Waals surface area contributed by atoms with Crippen molar-refractivity contribution in [3.05, 3.63) is 41.7 Å². The Morgan fingerprint density at radius 2 is 1.95 bits per heavy atom. The van der Waals surface area contributed by atoms with Crippen LogP contribution in [0.25, 0.3) is 5.57 Å². The summed E-state index contributed by atoms with van der Waals surface area (Å²) in [5, 5.41) is 9.77. The fourth-order valence-electron chi connectivity index (χ4n) is 3.27. The largest absolute Gasteiger partial charge is 0.396 e. The van der Waals surface area contributed by atoms with Gasteiger partial charge in [0, 0.05) is 12.0 Å². The van der Waals surface area contributed by atoms with Gasteiger partial charge in [-0.1, -0.05) is 18.2 Å². The number of hydrogen-bond donors (Lipinski definition) is 1. The molecule has 0 saturated carbocycles. The molecule has 1 unspecified atom stereocenters. The van der Waals surface area contributed by atoms with Gasteiger partial charge in [-0.15, -0.1) is 0 Å². The summed E-state index contributed by atoms with van der Waals surface area (Å²) in [6.45, 7) is 2.47. The summed E-state index contributed by atoms with van der Waals surface area (Å²) >= 11 is 0. The number of allylic oxidation sites excluding steroid dienone is 1. The highest BCUT2D eigenvalue weighted by molar-refractivity contribution is 5.69. The van der Waals surface area contributed by atoms with Crippen LogP contribution in [0, 0.1) is 11.7 Å². The van der Waals surface area contributed by atoms with E-state index in [1.54, 1.807) is 0 Å². The molecular formula is C16H20FNO. The van der Waals surface area contributed by atoms with E-state index >= 15 is 0 Å². The van der Waals surface area contributed by atoms with Crippen LogP contribution in [0.2, 0.25) is 0 Å². The Kier molecular flexibility index (Phi) is 3.67. The van der Waals surface area contributed by atoms with Crippen molar-refractivity contribution in [2.45, 2.75) is 25.3 Å². The van der Waals surface area contributed by atoms with Crippen LogP contribution in [0.15, 0.2) is 30.3 Å². The minimum Gasteiger partial charge on any atom is -0.396 e. The average molecular weight is 261 g/mol. The molecule has 0 radical (unpaired) electrons. The first-order chi connectivity index (χ1) is 9.29. The number of aliphatic hydroxyl groups excluding tert-OH is 1. The van der Waals surface area contributed by atoms with Gasteiger partial charge >= 0.3 is 0 Å². The molecule has 1 heterocycles. The standard InChI is InChI=1S/C16H20FNO/c17-13-7-5-12(6-8-13)14-3-1-4-16(15(14)11-19)18-9-2-10-18/h3,5-8,15-16,19H,1-2,4,9-11H2/t15?,16-/m1/s1. The lowest BCUT2D eigenvalue weighted by Gasteiger charge is -2.44. The molecule has 19 heavy (non-hydrogen) atoms. The molecule has 0 bridgehead atoms. The Hall–Kier alpha value is -1.19. The number of hydrogen-bond acceptors (Lipinski definition) is 2. The van der Waals surface area contributed by atoms with Crippen molar-refractivity contribution in [1.29, 1.82) is 0 Å². The van der Waals surface area contributed by atoms with Gasteiger partial charge in [-0.25, -0.2) is 4.39 Å². The Labute approximate surface area is 113 Å².